The van der Waals surface area contributed by atoms with Crippen molar-refractivity contribution in [3.63, 3.8) is 0 Å². The first kappa shape index (κ1) is 24.0. The third kappa shape index (κ3) is 5.51. The molecule has 182 valence electrons. The van der Waals surface area contributed by atoms with Crippen molar-refractivity contribution in [2.75, 3.05) is 18.1 Å². The second-order valence-electron chi connectivity index (χ2n) is 8.95. The van der Waals surface area contributed by atoms with Crippen molar-refractivity contribution >= 4 is 5.95 Å². The van der Waals surface area contributed by atoms with Crippen LogP contribution in [-0.2, 0) is 6.42 Å². The molecule has 0 radical (unpaired) electrons. The van der Waals surface area contributed by atoms with Gasteiger partial charge in [0.15, 0.2) is 0 Å². The number of anilines is 1. The van der Waals surface area contributed by atoms with E-state index in [0.717, 1.165) is 50.2 Å². The van der Waals surface area contributed by atoms with Crippen molar-refractivity contribution in [1.82, 2.24) is 20.1 Å². The molecule has 1 aromatic carbocycles. The Morgan fingerprint density at radius 2 is 1.88 bits per heavy atom. The molecule has 0 bridgehead atoms. The van der Waals surface area contributed by atoms with E-state index in [1.54, 1.807) is 0 Å². The molecular formula is C25H31F2N5O2. The summed E-state index contributed by atoms with van der Waals surface area (Å²) in [6.45, 7) is 7.10. The minimum absolute atomic E-state index is 0.0302. The van der Waals surface area contributed by atoms with Crippen LogP contribution in [0.3, 0.4) is 0 Å². The molecule has 1 unspecified atom stereocenters. The molecule has 0 saturated carbocycles. The number of halogens is 2. The SMILES string of the molecule is CCc1cnc(N2CCCCC2CCCOc2cc(F)c(-c3noc(C(C)C)n3)c(F)c2)nc1. The lowest BCUT2D eigenvalue weighted by Gasteiger charge is -2.36. The van der Waals surface area contributed by atoms with Gasteiger partial charge in [-0.25, -0.2) is 18.7 Å². The fourth-order valence-electron chi connectivity index (χ4n) is 4.17. The van der Waals surface area contributed by atoms with Crippen molar-refractivity contribution in [3.8, 4) is 17.1 Å². The van der Waals surface area contributed by atoms with Crippen molar-refractivity contribution in [1.29, 1.82) is 0 Å². The number of benzene rings is 1. The van der Waals surface area contributed by atoms with E-state index in [4.69, 9.17) is 9.26 Å². The van der Waals surface area contributed by atoms with Crippen molar-refractivity contribution in [3.05, 3.63) is 47.6 Å². The van der Waals surface area contributed by atoms with Gasteiger partial charge >= 0.3 is 0 Å². The molecule has 0 spiro atoms. The maximum atomic E-state index is 14.6. The van der Waals surface area contributed by atoms with Gasteiger partial charge < -0.3 is 14.2 Å². The largest absolute Gasteiger partial charge is 0.493 e. The molecule has 9 heteroatoms. The Kier molecular flexibility index (Phi) is 7.70. The summed E-state index contributed by atoms with van der Waals surface area (Å²) < 4.78 is 40.0. The molecule has 7 nitrogen and oxygen atoms in total. The molecule has 3 aromatic rings. The monoisotopic (exact) mass is 471 g/mol. The quantitative estimate of drug-likeness (QED) is 0.370. The standard InChI is InChI=1S/C25H31F2N5O2/c1-4-17-14-28-25(29-15-17)32-10-6-5-8-18(32)9-7-11-33-19-12-20(26)22(21(27)13-19)23-30-24(16(2)3)34-31-23/h12-16,18H,4-11H2,1-3H3. The summed E-state index contributed by atoms with van der Waals surface area (Å²) in [5.74, 6) is -0.448. The molecule has 1 saturated heterocycles. The molecule has 0 aliphatic carbocycles. The molecule has 3 heterocycles. The van der Waals surface area contributed by atoms with Crippen LogP contribution in [0.5, 0.6) is 5.75 Å². The maximum absolute atomic E-state index is 14.6. The molecule has 1 aliphatic rings. The minimum atomic E-state index is -0.780. The summed E-state index contributed by atoms with van der Waals surface area (Å²) in [6, 6.07) is 2.66. The van der Waals surface area contributed by atoms with Crippen LogP contribution < -0.4 is 9.64 Å². The predicted molar refractivity (Wildman–Crippen MR) is 125 cm³/mol. The van der Waals surface area contributed by atoms with E-state index in [1.165, 1.54) is 18.6 Å². The zero-order valence-corrected chi connectivity index (χ0v) is 19.9. The average Bonchev–Trinajstić information content (AvgIpc) is 3.32. The average molecular weight is 472 g/mol. The first-order valence-electron chi connectivity index (χ1n) is 12.0. The molecule has 0 amide bonds. The highest BCUT2D eigenvalue weighted by Crippen LogP contribution is 2.29. The smallest absolute Gasteiger partial charge is 0.229 e. The number of piperidine rings is 1. The van der Waals surface area contributed by atoms with Crippen LogP contribution in [0.25, 0.3) is 11.4 Å². The highest BCUT2D eigenvalue weighted by molar-refractivity contribution is 5.58. The summed E-state index contributed by atoms with van der Waals surface area (Å²) in [5, 5.41) is 3.71. The van der Waals surface area contributed by atoms with Crippen molar-refractivity contribution in [2.24, 2.45) is 0 Å². The van der Waals surface area contributed by atoms with Crippen LogP contribution in [0, 0.1) is 11.6 Å². The zero-order chi connectivity index (χ0) is 24.1. The van der Waals surface area contributed by atoms with Crippen molar-refractivity contribution in [2.45, 2.75) is 71.3 Å². The second kappa shape index (κ2) is 10.9. The maximum Gasteiger partial charge on any atom is 0.229 e. The third-order valence-corrected chi connectivity index (χ3v) is 6.11. The summed E-state index contributed by atoms with van der Waals surface area (Å²) in [5.41, 5.74) is 0.811. The Bertz CT molecular complexity index is 1060. The number of aryl methyl sites for hydroxylation is 1. The number of ether oxygens (including phenoxy) is 1. The van der Waals surface area contributed by atoms with E-state index in [9.17, 15) is 8.78 Å². The molecule has 1 aliphatic heterocycles. The van der Waals surface area contributed by atoms with Crippen molar-refractivity contribution < 1.29 is 18.0 Å². The number of rotatable bonds is 9. The predicted octanol–water partition coefficient (Wildman–Crippen LogP) is 5.71. The van der Waals surface area contributed by atoms with E-state index in [-0.39, 0.29) is 23.1 Å². The molecule has 2 aromatic heterocycles. The van der Waals surface area contributed by atoms with Gasteiger partial charge in [-0.3, -0.25) is 0 Å². The molecule has 1 atom stereocenters. The van der Waals surface area contributed by atoms with Crippen LogP contribution in [0.1, 0.15) is 70.2 Å². The molecule has 34 heavy (non-hydrogen) atoms. The highest BCUT2D eigenvalue weighted by atomic mass is 19.1. The Morgan fingerprint density at radius 1 is 1.15 bits per heavy atom. The first-order chi connectivity index (χ1) is 16.5. The van der Waals surface area contributed by atoms with Gasteiger partial charge in [0.25, 0.3) is 0 Å². The topological polar surface area (TPSA) is 77.2 Å². The summed E-state index contributed by atoms with van der Waals surface area (Å²) in [6.07, 6.45) is 9.70. The molecule has 4 rings (SSSR count). The van der Waals surface area contributed by atoms with Crippen LogP contribution in [-0.4, -0.2) is 39.3 Å². The van der Waals surface area contributed by atoms with E-state index < -0.39 is 11.6 Å². The van der Waals surface area contributed by atoms with Gasteiger partial charge in [-0.15, -0.1) is 0 Å². The molecule has 0 N–H and O–H groups in total. The van der Waals surface area contributed by atoms with E-state index >= 15 is 0 Å². The summed E-state index contributed by atoms with van der Waals surface area (Å²) in [4.78, 5) is 15.5. The molecular weight excluding hydrogens is 440 g/mol. The number of hydrogen-bond acceptors (Lipinski definition) is 7. The van der Waals surface area contributed by atoms with Gasteiger partial charge in [-0.2, -0.15) is 4.98 Å². The van der Waals surface area contributed by atoms with Crippen LogP contribution in [0.15, 0.2) is 29.0 Å². The lowest BCUT2D eigenvalue weighted by molar-refractivity contribution is 0.291. The fraction of sp³-hybridized carbons (Fsp3) is 0.520. The zero-order valence-electron chi connectivity index (χ0n) is 19.9. The lowest BCUT2D eigenvalue weighted by atomic mass is 9.98. The first-order valence-corrected chi connectivity index (χ1v) is 12.0. The van der Waals surface area contributed by atoms with Crippen LogP contribution >= 0.6 is 0 Å². The van der Waals surface area contributed by atoms with Gasteiger partial charge in [-0.1, -0.05) is 25.9 Å². The minimum Gasteiger partial charge on any atom is -0.493 e. The van der Waals surface area contributed by atoms with Crippen LogP contribution in [0.4, 0.5) is 14.7 Å². The van der Waals surface area contributed by atoms with Crippen LogP contribution in [0.2, 0.25) is 0 Å². The van der Waals surface area contributed by atoms with E-state index in [1.807, 2.05) is 26.2 Å². The second-order valence-corrected chi connectivity index (χ2v) is 8.95. The van der Waals surface area contributed by atoms with E-state index in [2.05, 4.69) is 31.9 Å². The normalized spacial score (nSPS) is 16.3. The Balaban J connectivity index is 1.34. The number of nitrogens with zero attached hydrogens (tertiary/aromatic N) is 5. The van der Waals surface area contributed by atoms with Gasteiger partial charge in [-0.05, 0) is 44.1 Å². The van der Waals surface area contributed by atoms with Gasteiger partial charge in [0.2, 0.25) is 17.7 Å². The van der Waals surface area contributed by atoms with Gasteiger partial charge in [0, 0.05) is 43.0 Å². The Hall–Kier alpha value is -3.10. The summed E-state index contributed by atoms with van der Waals surface area (Å²) in [7, 11) is 0. The lowest BCUT2D eigenvalue weighted by Crippen LogP contribution is -2.40. The third-order valence-electron chi connectivity index (χ3n) is 6.11. The Labute approximate surface area is 198 Å². The molecule has 1 fully saturated rings. The summed E-state index contributed by atoms with van der Waals surface area (Å²) >= 11 is 0. The number of aromatic nitrogens is 4. The highest BCUT2D eigenvalue weighted by Gasteiger charge is 2.24. The number of hydrogen-bond donors (Lipinski definition) is 0. The Morgan fingerprint density at radius 3 is 2.53 bits per heavy atom. The van der Waals surface area contributed by atoms with Gasteiger partial charge in [0.05, 0.1) is 12.2 Å². The van der Waals surface area contributed by atoms with Gasteiger partial charge in [0.1, 0.15) is 17.4 Å². The fourth-order valence-corrected chi connectivity index (χ4v) is 4.17. The van der Waals surface area contributed by atoms with E-state index in [0.29, 0.717) is 18.5 Å².